The Balaban J connectivity index is 1.71. The molecule has 3 rings (SSSR count). The van der Waals surface area contributed by atoms with Gasteiger partial charge in [-0.25, -0.2) is 4.98 Å². The molecule has 94 valence electrons. The molecule has 4 heteroatoms. The van der Waals surface area contributed by atoms with Crippen LogP contribution in [0.1, 0.15) is 34.8 Å². The van der Waals surface area contributed by atoms with Crippen molar-refractivity contribution in [2.75, 3.05) is 6.54 Å². The summed E-state index contributed by atoms with van der Waals surface area (Å²) in [7, 11) is 0. The smallest absolute Gasteiger partial charge is 0.224 e. The first-order valence-electron chi connectivity index (χ1n) is 6.47. The molecule has 1 unspecified atom stereocenters. The molecule has 18 heavy (non-hydrogen) atoms. The second-order valence-electron chi connectivity index (χ2n) is 5.03. The average molecular weight is 260 g/mol. The second-order valence-corrected chi connectivity index (χ2v) is 6.19. The van der Waals surface area contributed by atoms with Crippen LogP contribution < -0.4 is 0 Å². The van der Waals surface area contributed by atoms with Crippen LogP contribution in [0.2, 0.25) is 0 Å². The topological polar surface area (TPSA) is 33.2 Å². The molecule has 2 aliphatic rings. The zero-order valence-corrected chi connectivity index (χ0v) is 11.1. The largest absolute Gasteiger partial charge is 0.335 e. The van der Waals surface area contributed by atoms with Gasteiger partial charge < -0.3 is 4.90 Å². The van der Waals surface area contributed by atoms with Crippen molar-refractivity contribution < 1.29 is 4.79 Å². The monoisotopic (exact) mass is 260 g/mol. The molecule has 0 radical (unpaired) electrons. The van der Waals surface area contributed by atoms with Gasteiger partial charge in [0.25, 0.3) is 0 Å². The van der Waals surface area contributed by atoms with Crippen LogP contribution in [0.5, 0.6) is 0 Å². The van der Waals surface area contributed by atoms with Gasteiger partial charge in [0.2, 0.25) is 5.91 Å². The normalized spacial score (nSPS) is 22.9. The molecule has 1 aliphatic heterocycles. The third-order valence-corrected chi connectivity index (χ3v) is 4.81. The van der Waals surface area contributed by atoms with Crippen molar-refractivity contribution in [1.29, 1.82) is 0 Å². The Morgan fingerprint density at radius 1 is 1.44 bits per heavy atom. The first kappa shape index (κ1) is 11.7. The molecule has 0 saturated carbocycles. The highest BCUT2D eigenvalue weighted by Crippen LogP contribution is 2.28. The van der Waals surface area contributed by atoms with Crippen molar-refractivity contribution in [2.24, 2.45) is 5.92 Å². The van der Waals surface area contributed by atoms with E-state index in [-0.39, 0.29) is 11.8 Å². The Kier molecular flexibility index (Phi) is 3.09. The lowest BCUT2D eigenvalue weighted by atomic mass is 10.0. The molecule has 3 nitrogen and oxygen atoms in total. The quantitative estimate of drug-likeness (QED) is 0.762. The van der Waals surface area contributed by atoms with Crippen LogP contribution in [0.4, 0.5) is 0 Å². The Morgan fingerprint density at radius 2 is 2.28 bits per heavy atom. The molecule has 1 amide bonds. The lowest BCUT2D eigenvalue weighted by molar-refractivity contribution is -0.128. The van der Waals surface area contributed by atoms with E-state index in [0.29, 0.717) is 19.5 Å². The minimum absolute atomic E-state index is 0.0899. The molecule has 1 aromatic heterocycles. The third-order valence-electron chi connectivity index (χ3n) is 3.67. The highest BCUT2D eigenvalue weighted by molar-refractivity contribution is 7.11. The second kappa shape index (κ2) is 4.74. The summed E-state index contributed by atoms with van der Waals surface area (Å²) in [5.74, 6) is 2.94. The van der Waals surface area contributed by atoms with Gasteiger partial charge in [0.05, 0.1) is 12.2 Å². The van der Waals surface area contributed by atoms with Crippen LogP contribution in [-0.2, 0) is 24.2 Å². The van der Waals surface area contributed by atoms with Gasteiger partial charge in [-0.2, -0.15) is 0 Å². The predicted octanol–water partition coefficient (Wildman–Crippen LogP) is 2.00. The maximum atomic E-state index is 11.8. The maximum absolute atomic E-state index is 11.8. The van der Waals surface area contributed by atoms with E-state index in [9.17, 15) is 4.79 Å². The van der Waals surface area contributed by atoms with Crippen molar-refractivity contribution in [3.8, 4) is 12.3 Å². The van der Waals surface area contributed by atoms with Gasteiger partial charge in [-0.05, 0) is 25.7 Å². The lowest BCUT2D eigenvalue weighted by Crippen LogP contribution is -2.24. The fourth-order valence-electron chi connectivity index (χ4n) is 2.67. The summed E-state index contributed by atoms with van der Waals surface area (Å²) in [5.41, 5.74) is 1.27. The van der Waals surface area contributed by atoms with Crippen molar-refractivity contribution in [3.05, 3.63) is 15.6 Å². The number of likely N-dealkylation sites (tertiary alicyclic amines) is 1. The number of carbonyl (C=O) groups excluding carboxylic acids is 1. The molecule has 1 aliphatic carbocycles. The molecule has 1 fully saturated rings. The Labute approximate surface area is 111 Å². The summed E-state index contributed by atoms with van der Waals surface area (Å²) in [6.45, 7) is 1.34. The Bertz CT molecular complexity index is 491. The predicted molar refractivity (Wildman–Crippen MR) is 71.1 cm³/mol. The minimum atomic E-state index is 0.0899. The van der Waals surface area contributed by atoms with Gasteiger partial charge in [0.15, 0.2) is 0 Å². The standard InChI is InChI=1S/C14H16N2OS/c1-2-10-7-14(17)16(8-10)9-13-15-11-5-3-4-6-12(11)18-13/h1,10H,3-9H2. The zero-order valence-electron chi connectivity index (χ0n) is 10.3. The van der Waals surface area contributed by atoms with Crippen molar-refractivity contribution in [3.63, 3.8) is 0 Å². The number of carbonyl (C=O) groups is 1. The molecule has 1 saturated heterocycles. The molecule has 0 aromatic carbocycles. The van der Waals surface area contributed by atoms with Crippen molar-refractivity contribution >= 4 is 17.2 Å². The first-order valence-corrected chi connectivity index (χ1v) is 7.29. The summed E-state index contributed by atoms with van der Waals surface area (Å²) in [5, 5.41) is 1.08. The molecular formula is C14H16N2OS. The average Bonchev–Trinajstić information content (AvgIpc) is 2.93. The summed E-state index contributed by atoms with van der Waals surface area (Å²) < 4.78 is 0. The Hall–Kier alpha value is -1.34. The fraction of sp³-hybridized carbons (Fsp3) is 0.571. The van der Waals surface area contributed by atoms with Gasteiger partial charge in [-0.3, -0.25) is 4.79 Å². The van der Waals surface area contributed by atoms with Gasteiger partial charge in [0.1, 0.15) is 5.01 Å². The number of amides is 1. The highest BCUT2D eigenvalue weighted by Gasteiger charge is 2.29. The lowest BCUT2D eigenvalue weighted by Gasteiger charge is -2.13. The van der Waals surface area contributed by atoms with Crippen LogP contribution >= 0.6 is 11.3 Å². The van der Waals surface area contributed by atoms with E-state index >= 15 is 0 Å². The number of aryl methyl sites for hydroxylation is 2. The Morgan fingerprint density at radius 3 is 3.00 bits per heavy atom. The summed E-state index contributed by atoms with van der Waals surface area (Å²) >= 11 is 1.78. The van der Waals surface area contributed by atoms with Crippen LogP contribution in [0, 0.1) is 18.3 Å². The van der Waals surface area contributed by atoms with Gasteiger partial charge in [-0.1, -0.05) is 0 Å². The van der Waals surface area contributed by atoms with E-state index in [0.717, 1.165) is 17.8 Å². The number of rotatable bonds is 2. The SMILES string of the molecule is C#CC1CC(=O)N(Cc2nc3c(s2)CCCC3)C1. The number of nitrogens with zero attached hydrogens (tertiary/aromatic N) is 2. The third kappa shape index (κ3) is 2.15. The molecule has 1 aromatic rings. The number of hydrogen-bond donors (Lipinski definition) is 0. The van der Waals surface area contributed by atoms with Crippen LogP contribution in [0.15, 0.2) is 0 Å². The van der Waals surface area contributed by atoms with Crippen LogP contribution in [0.3, 0.4) is 0 Å². The molecule has 1 atom stereocenters. The summed E-state index contributed by atoms with van der Waals surface area (Å²) in [6.07, 6.45) is 10.7. The van der Waals surface area contributed by atoms with Crippen molar-refractivity contribution in [2.45, 2.75) is 38.6 Å². The van der Waals surface area contributed by atoms with E-state index in [2.05, 4.69) is 10.9 Å². The number of thiazole rings is 1. The van der Waals surface area contributed by atoms with Crippen LogP contribution in [-0.4, -0.2) is 22.3 Å². The van der Waals surface area contributed by atoms with E-state index in [1.807, 2.05) is 4.90 Å². The minimum Gasteiger partial charge on any atom is -0.335 e. The molecule has 0 N–H and O–H groups in total. The molecule has 0 bridgehead atoms. The number of hydrogen-bond acceptors (Lipinski definition) is 3. The van der Waals surface area contributed by atoms with E-state index in [1.54, 1.807) is 11.3 Å². The van der Waals surface area contributed by atoms with Crippen LogP contribution in [0.25, 0.3) is 0 Å². The van der Waals surface area contributed by atoms with E-state index < -0.39 is 0 Å². The highest BCUT2D eigenvalue weighted by atomic mass is 32.1. The molecule has 0 spiro atoms. The zero-order chi connectivity index (χ0) is 12.5. The van der Waals surface area contributed by atoms with Crippen molar-refractivity contribution in [1.82, 2.24) is 9.88 Å². The number of fused-ring (bicyclic) bond motifs is 1. The van der Waals surface area contributed by atoms with Gasteiger partial charge >= 0.3 is 0 Å². The van der Waals surface area contributed by atoms with Gasteiger partial charge in [-0.15, -0.1) is 23.7 Å². The number of aromatic nitrogens is 1. The first-order chi connectivity index (χ1) is 8.76. The number of terminal acetylenes is 1. The molecular weight excluding hydrogens is 244 g/mol. The summed E-state index contributed by atoms with van der Waals surface area (Å²) in [6, 6.07) is 0. The van der Waals surface area contributed by atoms with E-state index in [1.165, 1.54) is 23.4 Å². The fourth-order valence-corrected chi connectivity index (χ4v) is 3.85. The maximum Gasteiger partial charge on any atom is 0.224 e. The summed E-state index contributed by atoms with van der Waals surface area (Å²) in [4.78, 5) is 19.8. The van der Waals surface area contributed by atoms with E-state index in [4.69, 9.17) is 6.42 Å². The van der Waals surface area contributed by atoms with Gasteiger partial charge in [0, 0.05) is 23.8 Å². The molecule has 2 heterocycles.